The van der Waals surface area contributed by atoms with Gasteiger partial charge in [0.15, 0.2) is 0 Å². The number of ether oxygens (including phenoxy) is 2. The van der Waals surface area contributed by atoms with Crippen LogP contribution >= 0.6 is 0 Å². The van der Waals surface area contributed by atoms with Crippen LogP contribution in [0.2, 0.25) is 0 Å². The van der Waals surface area contributed by atoms with Gasteiger partial charge in [-0.05, 0) is 52.9 Å². The fourth-order valence-electron chi connectivity index (χ4n) is 6.15. The van der Waals surface area contributed by atoms with E-state index in [0.29, 0.717) is 32.2 Å². The number of nitrogens with zero attached hydrogens (tertiary/aromatic N) is 2. The van der Waals surface area contributed by atoms with Crippen LogP contribution in [0, 0.1) is 11.8 Å². The molecule has 0 saturated carbocycles. The van der Waals surface area contributed by atoms with Gasteiger partial charge in [0.25, 0.3) is 0 Å². The van der Waals surface area contributed by atoms with Crippen molar-refractivity contribution >= 4 is 17.8 Å². The van der Waals surface area contributed by atoms with Crippen LogP contribution in [0.25, 0.3) is 0 Å². The van der Waals surface area contributed by atoms with Gasteiger partial charge < -0.3 is 24.4 Å². The van der Waals surface area contributed by atoms with Crippen molar-refractivity contribution in [3.05, 3.63) is 25.3 Å². The Kier molecular flexibility index (Phi) is 7.92. The Morgan fingerprint density at radius 2 is 2.03 bits per heavy atom. The second-order valence-electron chi connectivity index (χ2n) is 10.2. The van der Waals surface area contributed by atoms with Crippen LogP contribution in [0.3, 0.4) is 0 Å². The molecule has 3 aliphatic heterocycles. The first kappa shape index (κ1) is 26.4. The number of carbonyl (C=O) groups is 3. The van der Waals surface area contributed by atoms with Gasteiger partial charge >= 0.3 is 5.97 Å². The Morgan fingerprint density at radius 3 is 2.59 bits per heavy atom. The van der Waals surface area contributed by atoms with Crippen LogP contribution in [0.4, 0.5) is 0 Å². The van der Waals surface area contributed by atoms with Crippen molar-refractivity contribution in [2.45, 2.75) is 89.1 Å². The highest BCUT2D eigenvalue weighted by atomic mass is 16.6. The van der Waals surface area contributed by atoms with E-state index in [1.54, 1.807) is 17.1 Å². The lowest BCUT2D eigenvalue weighted by molar-refractivity contribution is -0.162. The van der Waals surface area contributed by atoms with Crippen molar-refractivity contribution in [3.63, 3.8) is 0 Å². The maximum atomic E-state index is 14.0. The molecule has 0 aromatic heterocycles. The fourth-order valence-corrected chi connectivity index (χ4v) is 6.15. The minimum atomic E-state index is -1.12. The van der Waals surface area contributed by atoms with E-state index in [2.05, 4.69) is 13.2 Å². The maximum absolute atomic E-state index is 14.0. The molecular weight excluding hydrogens is 436 g/mol. The molecular formula is C26H40N2O6. The summed E-state index contributed by atoms with van der Waals surface area (Å²) in [5.41, 5.74) is -1.99. The molecule has 190 valence electrons. The normalized spacial score (nSPS) is 32.6. The third-order valence-corrected chi connectivity index (χ3v) is 7.81. The molecule has 0 radical (unpaired) electrons. The summed E-state index contributed by atoms with van der Waals surface area (Å²) >= 11 is 0. The van der Waals surface area contributed by atoms with Gasteiger partial charge in [0.05, 0.1) is 30.8 Å². The molecule has 3 aliphatic rings. The summed E-state index contributed by atoms with van der Waals surface area (Å²) in [6.07, 6.45) is 6.34. The number of aliphatic hydroxyl groups is 1. The fraction of sp³-hybridized carbons (Fsp3) is 0.731. The third-order valence-electron chi connectivity index (χ3n) is 7.81. The van der Waals surface area contributed by atoms with Crippen molar-refractivity contribution in [3.8, 4) is 0 Å². The number of aliphatic hydroxyl groups excluding tert-OH is 1. The molecule has 1 spiro atoms. The topological polar surface area (TPSA) is 96.4 Å². The Hall–Kier alpha value is -2.19. The zero-order chi connectivity index (χ0) is 25.3. The molecule has 3 heterocycles. The van der Waals surface area contributed by atoms with Crippen LogP contribution in [-0.4, -0.2) is 81.8 Å². The van der Waals surface area contributed by atoms with Crippen molar-refractivity contribution in [2.75, 3.05) is 19.8 Å². The number of fused-ring (bicyclic) bond motifs is 1. The minimum Gasteiger partial charge on any atom is -0.465 e. The Morgan fingerprint density at radius 1 is 1.32 bits per heavy atom. The predicted molar refractivity (Wildman–Crippen MR) is 128 cm³/mol. The van der Waals surface area contributed by atoms with Crippen LogP contribution in [0.1, 0.15) is 59.8 Å². The van der Waals surface area contributed by atoms with Crippen molar-refractivity contribution in [1.29, 1.82) is 0 Å². The van der Waals surface area contributed by atoms with Crippen molar-refractivity contribution in [2.24, 2.45) is 11.8 Å². The number of hydrogen-bond acceptors (Lipinski definition) is 6. The number of rotatable bonds is 12. The monoisotopic (exact) mass is 476 g/mol. The smallest absolute Gasteiger partial charge is 0.312 e. The van der Waals surface area contributed by atoms with Gasteiger partial charge in [0.2, 0.25) is 11.8 Å². The summed E-state index contributed by atoms with van der Waals surface area (Å²) in [5, 5.41) is 10.1. The third kappa shape index (κ3) is 4.09. The average molecular weight is 477 g/mol. The van der Waals surface area contributed by atoms with Crippen molar-refractivity contribution in [1.82, 2.24) is 9.80 Å². The number of carbonyl (C=O) groups excluding carboxylic acids is 3. The molecule has 2 amide bonds. The summed E-state index contributed by atoms with van der Waals surface area (Å²) < 4.78 is 12.2. The zero-order valence-corrected chi connectivity index (χ0v) is 21.0. The molecule has 34 heavy (non-hydrogen) atoms. The number of unbranched alkanes of at least 4 members (excludes halogenated alkanes) is 1. The molecule has 8 nitrogen and oxygen atoms in total. The zero-order valence-electron chi connectivity index (χ0n) is 21.0. The molecule has 1 N–H and O–H groups in total. The molecule has 2 unspecified atom stereocenters. The Labute approximate surface area is 202 Å². The lowest BCUT2D eigenvalue weighted by atomic mass is 9.66. The predicted octanol–water partition coefficient (Wildman–Crippen LogP) is 2.45. The second kappa shape index (κ2) is 10.2. The quantitative estimate of drug-likeness (QED) is 0.264. The van der Waals surface area contributed by atoms with Crippen LogP contribution in [0.5, 0.6) is 0 Å². The van der Waals surface area contributed by atoms with Gasteiger partial charge in [-0.1, -0.05) is 19.1 Å². The van der Waals surface area contributed by atoms with Gasteiger partial charge in [0.1, 0.15) is 17.6 Å². The molecule has 3 rings (SSSR count). The van der Waals surface area contributed by atoms with Crippen LogP contribution in [0.15, 0.2) is 25.3 Å². The van der Waals surface area contributed by atoms with E-state index in [0.717, 1.165) is 6.42 Å². The van der Waals surface area contributed by atoms with E-state index >= 15 is 0 Å². The number of esters is 1. The molecule has 3 saturated heterocycles. The van der Waals surface area contributed by atoms with Crippen LogP contribution < -0.4 is 0 Å². The molecule has 3 fully saturated rings. The van der Waals surface area contributed by atoms with E-state index < -0.39 is 41.1 Å². The SMILES string of the molecule is C=CCCCOC(=O)[C@@H]1[C@H]2C(=O)N([C@@H](CC)CO)C(C(=O)N(CC=C)C(C)C)C23CC[C@@]1(C)O3. The van der Waals surface area contributed by atoms with E-state index in [4.69, 9.17) is 9.47 Å². The summed E-state index contributed by atoms with van der Waals surface area (Å²) in [5.74, 6) is -2.60. The first-order chi connectivity index (χ1) is 16.1. The summed E-state index contributed by atoms with van der Waals surface area (Å²) in [6, 6.07) is -1.57. The van der Waals surface area contributed by atoms with E-state index in [-0.39, 0.29) is 31.1 Å². The highest BCUT2D eigenvalue weighted by Crippen LogP contribution is 2.63. The van der Waals surface area contributed by atoms with Gasteiger partial charge in [-0.25, -0.2) is 0 Å². The van der Waals surface area contributed by atoms with Gasteiger partial charge in [0, 0.05) is 12.6 Å². The number of amides is 2. The molecule has 0 aliphatic carbocycles. The summed E-state index contributed by atoms with van der Waals surface area (Å²) in [6.45, 7) is 15.3. The van der Waals surface area contributed by atoms with E-state index in [1.165, 1.54) is 4.90 Å². The van der Waals surface area contributed by atoms with E-state index in [9.17, 15) is 19.5 Å². The standard InChI is InChI=1S/C26H40N2O6/c1-7-10-11-15-33-24(32)20-19-22(30)28(18(9-3)16-29)21(23(31)27(14-8-2)17(4)5)26(19)13-12-25(20,6)34-26/h7-8,17-21,29H,1-2,9-16H2,3-6H3/t18-,19-,20-,21?,25+,26?/m0/s1. The highest BCUT2D eigenvalue weighted by Gasteiger charge is 2.79. The number of allylic oxidation sites excluding steroid dienone is 1. The Bertz CT molecular complexity index is 824. The van der Waals surface area contributed by atoms with Gasteiger partial charge in [-0.2, -0.15) is 0 Å². The number of hydrogen-bond donors (Lipinski definition) is 1. The average Bonchev–Trinajstić information content (AvgIpc) is 3.36. The summed E-state index contributed by atoms with van der Waals surface area (Å²) in [4.78, 5) is 44.4. The Balaban J connectivity index is 2.04. The molecule has 8 heteroatoms. The number of likely N-dealkylation sites (tertiary alicyclic amines) is 1. The van der Waals surface area contributed by atoms with Crippen molar-refractivity contribution < 1.29 is 29.0 Å². The highest BCUT2D eigenvalue weighted by molar-refractivity contribution is 5.98. The molecule has 2 bridgehead atoms. The summed E-state index contributed by atoms with van der Waals surface area (Å²) in [7, 11) is 0. The maximum Gasteiger partial charge on any atom is 0.312 e. The largest absolute Gasteiger partial charge is 0.465 e. The molecule has 0 aromatic carbocycles. The molecule has 0 aromatic rings. The first-order valence-corrected chi connectivity index (χ1v) is 12.5. The minimum absolute atomic E-state index is 0.119. The van der Waals surface area contributed by atoms with E-state index in [1.807, 2.05) is 27.7 Å². The van der Waals surface area contributed by atoms with Crippen LogP contribution in [-0.2, 0) is 23.9 Å². The van der Waals surface area contributed by atoms with Gasteiger partial charge in [-0.3, -0.25) is 14.4 Å². The lowest BCUT2D eigenvalue weighted by Crippen LogP contribution is -2.59. The first-order valence-electron chi connectivity index (χ1n) is 12.5. The van der Waals surface area contributed by atoms with Gasteiger partial charge in [-0.15, -0.1) is 13.2 Å². The lowest BCUT2D eigenvalue weighted by Gasteiger charge is -2.40. The molecule has 6 atom stereocenters. The second-order valence-corrected chi connectivity index (χ2v) is 10.2.